The molecule has 1 aromatic heterocycles. The fourth-order valence-corrected chi connectivity index (χ4v) is 2.82. The normalized spacial score (nSPS) is 11.7. The van der Waals surface area contributed by atoms with Crippen molar-refractivity contribution in [3.05, 3.63) is 90.5 Å². The van der Waals surface area contributed by atoms with Gasteiger partial charge in [0.1, 0.15) is 5.76 Å². The first-order valence-electron chi connectivity index (χ1n) is 9.71. The van der Waals surface area contributed by atoms with Crippen molar-refractivity contribution in [2.75, 3.05) is 16.0 Å². The van der Waals surface area contributed by atoms with Crippen molar-refractivity contribution in [3.8, 4) is 0 Å². The number of oxazole rings is 1. The van der Waals surface area contributed by atoms with Crippen molar-refractivity contribution in [1.29, 1.82) is 0 Å². The molecule has 0 aliphatic carbocycles. The molecule has 0 aliphatic heterocycles. The van der Waals surface area contributed by atoms with E-state index in [2.05, 4.69) is 39.2 Å². The van der Waals surface area contributed by atoms with Gasteiger partial charge in [0.15, 0.2) is 0 Å². The van der Waals surface area contributed by atoms with E-state index in [4.69, 9.17) is 4.42 Å². The predicted octanol–water partition coefficient (Wildman–Crippen LogP) is 6.16. The van der Waals surface area contributed by atoms with E-state index in [9.17, 15) is 4.79 Å². The zero-order valence-corrected chi connectivity index (χ0v) is 17.6. The predicted molar refractivity (Wildman–Crippen MR) is 126 cm³/mol. The molecule has 7 heteroatoms. The number of hydrogen-bond donors (Lipinski definition) is 3. The van der Waals surface area contributed by atoms with Crippen molar-refractivity contribution < 1.29 is 9.21 Å². The number of aliphatic imine (C=N–C) groups is 1. The number of rotatable bonds is 8. The van der Waals surface area contributed by atoms with Gasteiger partial charge in [-0.25, -0.2) is 9.78 Å². The molecule has 3 rings (SSSR count). The molecule has 7 nitrogen and oxygen atoms in total. The smallest absolute Gasteiger partial charge is 0.323 e. The van der Waals surface area contributed by atoms with E-state index in [-0.39, 0.29) is 11.9 Å². The average Bonchev–Trinajstić information content (AvgIpc) is 3.21. The van der Waals surface area contributed by atoms with Crippen LogP contribution in [-0.4, -0.2) is 17.7 Å². The number of carbonyl (C=O) groups excluding carboxylic acids is 1. The second-order valence-corrected chi connectivity index (χ2v) is 6.95. The molecule has 0 radical (unpaired) electrons. The van der Waals surface area contributed by atoms with Gasteiger partial charge in [0, 0.05) is 23.3 Å². The summed E-state index contributed by atoms with van der Waals surface area (Å²) in [6.07, 6.45) is 6.76. The second kappa shape index (κ2) is 10.1. The summed E-state index contributed by atoms with van der Waals surface area (Å²) in [5, 5.41) is 8.80. The van der Waals surface area contributed by atoms with Gasteiger partial charge in [-0.3, -0.25) is 4.99 Å². The van der Waals surface area contributed by atoms with Crippen LogP contribution in [0.25, 0.3) is 0 Å². The molecular formula is C24H25N5O2. The monoisotopic (exact) mass is 415 g/mol. The number of anilines is 4. The van der Waals surface area contributed by atoms with Gasteiger partial charge in [0.2, 0.25) is 0 Å². The van der Waals surface area contributed by atoms with Crippen molar-refractivity contribution >= 4 is 35.8 Å². The van der Waals surface area contributed by atoms with Gasteiger partial charge in [0.25, 0.3) is 6.01 Å². The molecule has 0 spiro atoms. The lowest BCUT2D eigenvalue weighted by molar-refractivity contribution is 0.262. The summed E-state index contributed by atoms with van der Waals surface area (Å²) in [6.45, 7) is 11.2. The second-order valence-electron chi connectivity index (χ2n) is 6.95. The molecule has 3 aromatic rings. The summed E-state index contributed by atoms with van der Waals surface area (Å²) in [4.78, 5) is 20.3. The minimum absolute atomic E-state index is 0.159. The van der Waals surface area contributed by atoms with Crippen molar-refractivity contribution in [3.63, 3.8) is 0 Å². The number of benzene rings is 2. The number of aryl methyl sites for hydroxylation is 2. The van der Waals surface area contributed by atoms with Crippen molar-refractivity contribution in [1.82, 2.24) is 4.98 Å². The molecule has 0 aliphatic rings. The number of urea groups is 1. The molecule has 0 bridgehead atoms. The number of aromatic nitrogens is 1. The van der Waals surface area contributed by atoms with Crippen LogP contribution in [0.15, 0.2) is 83.0 Å². The third kappa shape index (κ3) is 5.93. The van der Waals surface area contributed by atoms with E-state index in [1.165, 1.54) is 0 Å². The highest BCUT2D eigenvalue weighted by atomic mass is 16.4. The van der Waals surface area contributed by atoms with Gasteiger partial charge >= 0.3 is 6.03 Å². The van der Waals surface area contributed by atoms with Gasteiger partial charge in [0.05, 0.1) is 12.1 Å². The first-order chi connectivity index (χ1) is 15.0. The number of nitrogens with zero attached hydrogens (tertiary/aromatic N) is 2. The van der Waals surface area contributed by atoms with E-state index in [1.807, 2.05) is 62.4 Å². The summed E-state index contributed by atoms with van der Waals surface area (Å²) in [5.41, 5.74) is 4.22. The first kappa shape index (κ1) is 21.6. The lowest BCUT2D eigenvalue weighted by Crippen LogP contribution is -2.19. The molecule has 1 atom stereocenters. The fraction of sp³-hybridized carbons (Fsp3) is 0.125. The molecule has 0 fully saturated rings. The molecular weight excluding hydrogens is 390 g/mol. The minimum atomic E-state index is -0.325. The van der Waals surface area contributed by atoms with Gasteiger partial charge in [-0.2, -0.15) is 0 Å². The van der Waals surface area contributed by atoms with Crippen molar-refractivity contribution in [2.45, 2.75) is 19.8 Å². The van der Waals surface area contributed by atoms with Gasteiger partial charge in [-0.05, 0) is 50.4 Å². The maximum Gasteiger partial charge on any atom is 0.323 e. The van der Waals surface area contributed by atoms with Gasteiger partial charge < -0.3 is 20.4 Å². The zero-order chi connectivity index (χ0) is 22.2. The molecule has 2 amide bonds. The van der Waals surface area contributed by atoms with Crippen LogP contribution >= 0.6 is 0 Å². The number of hydrogen-bond acceptors (Lipinski definition) is 5. The third-order valence-corrected chi connectivity index (χ3v) is 4.55. The lowest BCUT2D eigenvalue weighted by atomic mass is 10.1. The van der Waals surface area contributed by atoms with Gasteiger partial charge in [-0.15, -0.1) is 6.58 Å². The van der Waals surface area contributed by atoms with Crippen LogP contribution in [0.2, 0.25) is 0 Å². The Bertz CT molecular complexity index is 1100. The largest absolute Gasteiger partial charge is 0.428 e. The Hall–Kier alpha value is -4.13. The molecule has 158 valence electrons. The fourth-order valence-electron chi connectivity index (χ4n) is 2.82. The molecule has 1 unspecified atom stereocenters. The molecule has 0 saturated carbocycles. The Labute approximate surface area is 181 Å². The minimum Gasteiger partial charge on any atom is -0.428 e. The van der Waals surface area contributed by atoms with Crippen LogP contribution in [0.1, 0.15) is 22.8 Å². The average molecular weight is 415 g/mol. The highest BCUT2D eigenvalue weighted by molar-refractivity contribution is 6.00. The lowest BCUT2D eigenvalue weighted by Gasteiger charge is -2.11. The molecule has 31 heavy (non-hydrogen) atoms. The van der Waals surface area contributed by atoms with E-state index in [0.717, 1.165) is 22.5 Å². The number of allylic oxidation sites excluding steroid dienone is 2. The summed E-state index contributed by atoms with van der Waals surface area (Å²) in [5.74, 6) is 0.468. The SMILES string of the molecule is C=CC(C=CN=C)c1cnc(Nc2cc(NC(=O)Nc3ccc(C)cc3)ccc2C)o1. The summed E-state index contributed by atoms with van der Waals surface area (Å²) in [7, 11) is 0. The number of nitrogens with one attached hydrogen (secondary N) is 3. The van der Waals surface area contributed by atoms with Crippen LogP contribution in [0, 0.1) is 13.8 Å². The van der Waals surface area contributed by atoms with Crippen LogP contribution in [0.5, 0.6) is 0 Å². The maximum absolute atomic E-state index is 12.3. The summed E-state index contributed by atoms with van der Waals surface area (Å²) in [6, 6.07) is 13.2. The quantitative estimate of drug-likeness (QED) is 0.303. The summed E-state index contributed by atoms with van der Waals surface area (Å²) >= 11 is 0. The maximum atomic E-state index is 12.3. The molecule has 0 saturated heterocycles. The Balaban J connectivity index is 1.69. The first-order valence-corrected chi connectivity index (χ1v) is 9.71. The van der Waals surface area contributed by atoms with E-state index in [0.29, 0.717) is 17.5 Å². The highest BCUT2D eigenvalue weighted by Gasteiger charge is 2.12. The molecule has 2 aromatic carbocycles. The Morgan fingerprint density at radius 2 is 1.84 bits per heavy atom. The Morgan fingerprint density at radius 3 is 2.55 bits per heavy atom. The Kier molecular flexibility index (Phi) is 7.01. The zero-order valence-electron chi connectivity index (χ0n) is 17.6. The highest BCUT2D eigenvalue weighted by Crippen LogP contribution is 2.27. The molecule has 3 N–H and O–H groups in total. The Morgan fingerprint density at radius 1 is 1.13 bits per heavy atom. The topological polar surface area (TPSA) is 91.5 Å². The van der Waals surface area contributed by atoms with Gasteiger partial charge in [-0.1, -0.05) is 35.9 Å². The van der Waals surface area contributed by atoms with E-state index < -0.39 is 0 Å². The summed E-state index contributed by atoms with van der Waals surface area (Å²) < 4.78 is 5.80. The van der Waals surface area contributed by atoms with E-state index in [1.54, 1.807) is 18.5 Å². The van der Waals surface area contributed by atoms with Crippen LogP contribution < -0.4 is 16.0 Å². The molecule has 1 heterocycles. The van der Waals surface area contributed by atoms with Crippen LogP contribution in [-0.2, 0) is 0 Å². The number of amides is 2. The van der Waals surface area contributed by atoms with Crippen LogP contribution in [0.4, 0.5) is 27.9 Å². The number of carbonyl (C=O) groups is 1. The van der Waals surface area contributed by atoms with Crippen LogP contribution in [0.3, 0.4) is 0 Å². The van der Waals surface area contributed by atoms with Crippen molar-refractivity contribution in [2.24, 2.45) is 4.99 Å². The third-order valence-electron chi connectivity index (χ3n) is 4.55. The van der Waals surface area contributed by atoms with E-state index >= 15 is 0 Å². The standard InChI is InChI=1S/C24H25N5O2/c1-5-18(12-13-25-4)22-15-26-24(31-22)29-21-14-20(11-8-17(21)3)28-23(30)27-19-9-6-16(2)7-10-19/h5-15,18H,1,4H2,2-3H3,(H,26,29)(H2,27,28,30).